The Morgan fingerprint density at radius 1 is 0.377 bits per heavy atom. The molecule has 9 aromatic carbocycles. The summed E-state index contributed by atoms with van der Waals surface area (Å²) in [5.74, 6) is 0. The lowest BCUT2D eigenvalue weighted by molar-refractivity contribution is 0.660. The third-order valence-electron chi connectivity index (χ3n) is 13.8. The molecule has 2 heteroatoms. The van der Waals surface area contributed by atoms with Gasteiger partial charge in [0.25, 0.3) is 0 Å². The van der Waals surface area contributed by atoms with Crippen LogP contribution in [0.1, 0.15) is 48.6 Å². The standard InChI is InChI=1S/C59H43NS/c1-58(2)50-26-11-7-22-45(50)47-33-31-41(36-52(47)58)60(42-32-34-48-46-23-8-12-27-51(46)59(3,53(48)37-42)40-19-5-4-6-20-40)54-28-13-9-21-43(54)38-17-15-18-39(35-38)44-25-16-30-56-57(44)49-24-10-14-29-55(49)61-56/h4-37H,1-3H3. The second kappa shape index (κ2) is 13.5. The lowest BCUT2D eigenvalue weighted by Gasteiger charge is -2.32. The summed E-state index contributed by atoms with van der Waals surface area (Å²) in [5.41, 5.74) is 19.8. The highest BCUT2D eigenvalue weighted by Gasteiger charge is 2.41. The summed E-state index contributed by atoms with van der Waals surface area (Å²) in [6.45, 7) is 7.16. The summed E-state index contributed by atoms with van der Waals surface area (Å²) in [5, 5.41) is 2.65. The van der Waals surface area contributed by atoms with E-state index in [0.29, 0.717) is 0 Å². The molecule has 0 spiro atoms. The Morgan fingerprint density at radius 2 is 0.918 bits per heavy atom. The van der Waals surface area contributed by atoms with Crippen LogP contribution in [0.4, 0.5) is 17.1 Å². The van der Waals surface area contributed by atoms with Gasteiger partial charge >= 0.3 is 0 Å². The van der Waals surface area contributed by atoms with Crippen molar-refractivity contribution in [2.24, 2.45) is 0 Å². The molecule has 2 aliphatic rings. The molecule has 12 rings (SSSR count). The molecule has 1 atom stereocenters. The zero-order chi connectivity index (χ0) is 40.9. The number of rotatable bonds is 6. The number of thiophene rings is 1. The zero-order valence-electron chi connectivity index (χ0n) is 34.5. The van der Waals surface area contributed by atoms with Crippen LogP contribution in [0.5, 0.6) is 0 Å². The van der Waals surface area contributed by atoms with Crippen LogP contribution in [-0.4, -0.2) is 0 Å². The molecule has 0 amide bonds. The van der Waals surface area contributed by atoms with E-state index in [-0.39, 0.29) is 10.8 Å². The average molecular weight is 798 g/mol. The van der Waals surface area contributed by atoms with Gasteiger partial charge in [0, 0.05) is 47.9 Å². The third-order valence-corrected chi connectivity index (χ3v) is 14.9. The first-order chi connectivity index (χ1) is 29.9. The van der Waals surface area contributed by atoms with Crippen molar-refractivity contribution in [2.75, 3.05) is 4.90 Å². The van der Waals surface area contributed by atoms with Crippen LogP contribution in [0.2, 0.25) is 0 Å². The van der Waals surface area contributed by atoms with Gasteiger partial charge in [0.05, 0.1) is 5.69 Å². The summed E-state index contributed by atoms with van der Waals surface area (Å²) in [7, 11) is 0. The molecule has 2 aliphatic carbocycles. The molecule has 1 heterocycles. The number of nitrogens with zero attached hydrogens (tertiary/aromatic N) is 1. The van der Waals surface area contributed by atoms with E-state index in [1.165, 1.54) is 92.5 Å². The Kier molecular flexibility index (Phi) is 7.95. The summed E-state index contributed by atoms with van der Waals surface area (Å²) >= 11 is 1.87. The van der Waals surface area contributed by atoms with E-state index in [1.807, 2.05) is 11.3 Å². The van der Waals surface area contributed by atoms with Gasteiger partial charge in [0.15, 0.2) is 0 Å². The van der Waals surface area contributed by atoms with Gasteiger partial charge in [0.1, 0.15) is 0 Å². The Morgan fingerprint density at radius 3 is 1.70 bits per heavy atom. The van der Waals surface area contributed by atoms with Crippen LogP contribution < -0.4 is 4.90 Å². The van der Waals surface area contributed by atoms with Crippen molar-refractivity contribution >= 4 is 48.6 Å². The van der Waals surface area contributed by atoms with E-state index >= 15 is 0 Å². The maximum atomic E-state index is 2.52. The normalized spacial score (nSPS) is 15.7. The van der Waals surface area contributed by atoms with E-state index < -0.39 is 0 Å². The van der Waals surface area contributed by atoms with Crippen molar-refractivity contribution in [3.63, 3.8) is 0 Å². The number of benzene rings is 9. The Balaban J connectivity index is 1.07. The SMILES string of the molecule is CC1(C)c2ccccc2-c2ccc(N(c3ccc4c(c3)C(C)(c3ccccc3)c3ccccc3-4)c3ccccc3-c3cccc(-c4cccc5sc6ccccc6c45)c3)cc21. The molecule has 1 unspecified atom stereocenters. The molecular formula is C59H43NS. The smallest absolute Gasteiger partial charge is 0.0540 e. The predicted molar refractivity (Wildman–Crippen MR) is 260 cm³/mol. The minimum Gasteiger partial charge on any atom is -0.310 e. The molecule has 0 N–H and O–H groups in total. The van der Waals surface area contributed by atoms with E-state index in [4.69, 9.17) is 0 Å². The number of anilines is 3. The lowest BCUT2D eigenvalue weighted by atomic mass is 9.74. The fraction of sp³-hybridized carbons (Fsp3) is 0.0847. The van der Waals surface area contributed by atoms with Crippen LogP contribution in [0.25, 0.3) is 64.7 Å². The molecule has 10 aromatic rings. The third kappa shape index (κ3) is 5.32. The number of para-hydroxylation sites is 1. The topological polar surface area (TPSA) is 3.24 Å². The maximum absolute atomic E-state index is 2.52. The van der Waals surface area contributed by atoms with Gasteiger partial charge in [-0.2, -0.15) is 0 Å². The van der Waals surface area contributed by atoms with Crippen molar-refractivity contribution in [2.45, 2.75) is 31.6 Å². The molecule has 61 heavy (non-hydrogen) atoms. The molecule has 0 fully saturated rings. The first kappa shape index (κ1) is 35.9. The predicted octanol–water partition coefficient (Wildman–Crippen LogP) is 16.5. The van der Waals surface area contributed by atoms with Crippen molar-refractivity contribution in [3.05, 3.63) is 234 Å². The summed E-state index contributed by atoms with van der Waals surface area (Å²) in [6.07, 6.45) is 0. The van der Waals surface area contributed by atoms with Crippen LogP contribution in [0, 0.1) is 0 Å². The van der Waals surface area contributed by atoms with Gasteiger partial charge in [-0.1, -0.05) is 172 Å². The summed E-state index contributed by atoms with van der Waals surface area (Å²) in [6, 6.07) is 77.0. The van der Waals surface area contributed by atoms with Gasteiger partial charge in [-0.05, 0) is 122 Å². The molecule has 0 saturated heterocycles. The van der Waals surface area contributed by atoms with E-state index in [9.17, 15) is 0 Å². The Bertz CT molecular complexity index is 3370. The van der Waals surface area contributed by atoms with E-state index in [1.54, 1.807) is 0 Å². The average Bonchev–Trinajstić information content (AvgIpc) is 3.90. The molecule has 1 nitrogen and oxygen atoms in total. The van der Waals surface area contributed by atoms with Gasteiger partial charge in [-0.15, -0.1) is 11.3 Å². The molecular weight excluding hydrogens is 755 g/mol. The number of hydrogen-bond donors (Lipinski definition) is 0. The molecule has 1 aromatic heterocycles. The minimum absolute atomic E-state index is 0.139. The monoisotopic (exact) mass is 797 g/mol. The quantitative estimate of drug-likeness (QED) is 0.162. The molecule has 0 bridgehead atoms. The van der Waals surface area contributed by atoms with Crippen LogP contribution in [0.3, 0.4) is 0 Å². The summed E-state index contributed by atoms with van der Waals surface area (Å²) < 4.78 is 2.64. The van der Waals surface area contributed by atoms with Gasteiger partial charge in [0.2, 0.25) is 0 Å². The van der Waals surface area contributed by atoms with Gasteiger partial charge in [-0.3, -0.25) is 0 Å². The maximum Gasteiger partial charge on any atom is 0.0540 e. The Labute approximate surface area is 361 Å². The number of hydrogen-bond acceptors (Lipinski definition) is 2. The highest BCUT2D eigenvalue weighted by Crippen LogP contribution is 2.55. The van der Waals surface area contributed by atoms with E-state index in [0.717, 1.165) is 17.1 Å². The van der Waals surface area contributed by atoms with Crippen molar-refractivity contribution in [3.8, 4) is 44.5 Å². The second-order valence-electron chi connectivity index (χ2n) is 17.4. The fourth-order valence-electron chi connectivity index (χ4n) is 10.7. The largest absolute Gasteiger partial charge is 0.310 e. The molecule has 0 aliphatic heterocycles. The van der Waals surface area contributed by atoms with E-state index in [2.05, 4.69) is 232 Å². The van der Waals surface area contributed by atoms with Crippen LogP contribution in [0.15, 0.2) is 206 Å². The number of fused-ring (bicyclic) bond motifs is 9. The van der Waals surface area contributed by atoms with Crippen molar-refractivity contribution < 1.29 is 0 Å². The fourth-order valence-corrected chi connectivity index (χ4v) is 11.9. The lowest BCUT2D eigenvalue weighted by Crippen LogP contribution is -2.23. The highest BCUT2D eigenvalue weighted by molar-refractivity contribution is 7.25. The minimum atomic E-state index is -0.322. The highest BCUT2D eigenvalue weighted by atomic mass is 32.1. The van der Waals surface area contributed by atoms with Crippen molar-refractivity contribution in [1.29, 1.82) is 0 Å². The molecule has 0 radical (unpaired) electrons. The Hall–Kier alpha value is -7.00. The molecule has 0 saturated carbocycles. The first-order valence-electron chi connectivity index (χ1n) is 21.3. The zero-order valence-corrected chi connectivity index (χ0v) is 35.3. The van der Waals surface area contributed by atoms with Crippen LogP contribution >= 0.6 is 11.3 Å². The molecule has 290 valence electrons. The van der Waals surface area contributed by atoms with Crippen molar-refractivity contribution in [1.82, 2.24) is 0 Å². The second-order valence-corrected chi connectivity index (χ2v) is 18.5. The summed E-state index contributed by atoms with van der Waals surface area (Å²) in [4.78, 5) is 2.52. The first-order valence-corrected chi connectivity index (χ1v) is 22.2. The van der Waals surface area contributed by atoms with Gasteiger partial charge in [-0.25, -0.2) is 0 Å². The van der Waals surface area contributed by atoms with Crippen LogP contribution in [-0.2, 0) is 10.8 Å². The van der Waals surface area contributed by atoms with Gasteiger partial charge < -0.3 is 4.90 Å².